The standard InChI is InChI=1S/C31H29ClN2O6/c1-6-39-29(37)19-10-14-22(15-11-19)34-27(35)25(32)26(28(34)36)33-21-12-8-20(9-13-21)30(38)40-24-16-7-18(2)17-23(24)31(3,4)5/h7-17,33H,6H2,1-5H3. The van der Waals surface area contributed by atoms with Gasteiger partial charge in [-0.25, -0.2) is 14.5 Å². The molecule has 0 fully saturated rings. The van der Waals surface area contributed by atoms with Crippen LogP contribution in [0.3, 0.4) is 0 Å². The summed E-state index contributed by atoms with van der Waals surface area (Å²) in [5.74, 6) is -1.90. The predicted octanol–water partition coefficient (Wildman–Crippen LogP) is 6.12. The van der Waals surface area contributed by atoms with E-state index >= 15 is 0 Å². The quantitative estimate of drug-likeness (QED) is 0.211. The number of halogens is 1. The van der Waals surface area contributed by atoms with E-state index in [1.807, 2.05) is 39.8 Å². The first kappa shape index (κ1) is 28.6. The lowest BCUT2D eigenvalue weighted by atomic mass is 9.85. The summed E-state index contributed by atoms with van der Waals surface area (Å²) in [6, 6.07) is 17.8. The SMILES string of the molecule is CCOC(=O)c1ccc(N2C(=O)C(Cl)=C(Nc3ccc(C(=O)Oc4ccc(C)cc4C(C)(C)C)cc3)C2=O)cc1. The Hall–Kier alpha value is -4.43. The van der Waals surface area contributed by atoms with E-state index in [0.29, 0.717) is 17.0 Å². The Morgan fingerprint density at radius 1 is 0.875 bits per heavy atom. The summed E-state index contributed by atoms with van der Waals surface area (Å²) < 4.78 is 10.7. The van der Waals surface area contributed by atoms with Gasteiger partial charge < -0.3 is 14.8 Å². The Kier molecular flexibility index (Phi) is 8.11. The zero-order valence-corrected chi connectivity index (χ0v) is 23.6. The number of nitrogens with zero attached hydrogens (tertiary/aromatic N) is 1. The molecule has 0 saturated heterocycles. The number of hydrogen-bond acceptors (Lipinski definition) is 7. The number of imide groups is 1. The number of rotatable bonds is 7. The van der Waals surface area contributed by atoms with Gasteiger partial charge >= 0.3 is 11.9 Å². The molecule has 0 aliphatic carbocycles. The zero-order chi connectivity index (χ0) is 29.2. The first-order valence-corrected chi connectivity index (χ1v) is 13.0. The van der Waals surface area contributed by atoms with E-state index in [2.05, 4.69) is 5.32 Å². The summed E-state index contributed by atoms with van der Waals surface area (Å²) in [5, 5.41) is 2.60. The Labute approximate surface area is 237 Å². The van der Waals surface area contributed by atoms with E-state index in [1.54, 1.807) is 37.3 Å². The highest BCUT2D eigenvalue weighted by atomic mass is 35.5. The number of carbonyl (C=O) groups excluding carboxylic acids is 4. The van der Waals surface area contributed by atoms with Crippen LogP contribution in [0, 0.1) is 6.92 Å². The molecule has 3 aromatic rings. The van der Waals surface area contributed by atoms with Gasteiger partial charge in [0.2, 0.25) is 0 Å². The first-order valence-electron chi connectivity index (χ1n) is 12.7. The van der Waals surface area contributed by atoms with Crippen LogP contribution in [0.1, 0.15) is 59.5 Å². The molecular formula is C31H29ClN2O6. The normalized spacial score (nSPS) is 13.5. The van der Waals surface area contributed by atoms with Crippen LogP contribution in [-0.4, -0.2) is 30.4 Å². The highest BCUT2D eigenvalue weighted by molar-refractivity contribution is 6.53. The Balaban J connectivity index is 1.47. The van der Waals surface area contributed by atoms with Gasteiger partial charge in [-0.1, -0.05) is 50.1 Å². The number of hydrogen-bond donors (Lipinski definition) is 1. The van der Waals surface area contributed by atoms with Gasteiger partial charge in [0.05, 0.1) is 23.4 Å². The van der Waals surface area contributed by atoms with Gasteiger partial charge in [0.1, 0.15) is 16.5 Å². The maximum absolute atomic E-state index is 13.1. The summed E-state index contributed by atoms with van der Waals surface area (Å²) in [4.78, 5) is 51.6. The molecule has 1 N–H and O–H groups in total. The number of anilines is 2. The topological polar surface area (TPSA) is 102 Å². The maximum atomic E-state index is 13.1. The molecular weight excluding hydrogens is 532 g/mol. The van der Waals surface area contributed by atoms with Crippen LogP contribution < -0.4 is 15.0 Å². The Bertz CT molecular complexity index is 1520. The van der Waals surface area contributed by atoms with Crippen molar-refractivity contribution in [2.45, 2.75) is 40.0 Å². The monoisotopic (exact) mass is 560 g/mol. The second-order valence-electron chi connectivity index (χ2n) is 10.2. The minimum Gasteiger partial charge on any atom is -0.462 e. The molecule has 1 aliphatic heterocycles. The van der Waals surface area contributed by atoms with E-state index < -0.39 is 23.8 Å². The number of amides is 2. The molecule has 0 aromatic heterocycles. The number of benzene rings is 3. The minimum atomic E-state index is -0.703. The van der Waals surface area contributed by atoms with Crippen LogP contribution in [0.2, 0.25) is 0 Å². The van der Waals surface area contributed by atoms with Crippen molar-refractivity contribution in [1.29, 1.82) is 0 Å². The van der Waals surface area contributed by atoms with Gasteiger partial charge in [-0.15, -0.1) is 0 Å². The Morgan fingerprint density at radius 3 is 2.08 bits per heavy atom. The molecule has 0 radical (unpaired) electrons. The number of esters is 2. The fourth-order valence-electron chi connectivity index (χ4n) is 4.12. The number of carbonyl (C=O) groups is 4. The molecule has 0 saturated carbocycles. The second kappa shape index (κ2) is 11.4. The van der Waals surface area contributed by atoms with E-state index in [0.717, 1.165) is 16.0 Å². The lowest BCUT2D eigenvalue weighted by molar-refractivity contribution is -0.120. The minimum absolute atomic E-state index is 0.106. The highest BCUT2D eigenvalue weighted by Crippen LogP contribution is 2.33. The molecule has 206 valence electrons. The van der Waals surface area contributed by atoms with E-state index in [4.69, 9.17) is 21.1 Å². The molecule has 0 atom stereocenters. The lowest BCUT2D eigenvalue weighted by Gasteiger charge is -2.22. The Morgan fingerprint density at radius 2 is 1.48 bits per heavy atom. The third kappa shape index (κ3) is 5.92. The largest absolute Gasteiger partial charge is 0.462 e. The summed E-state index contributed by atoms with van der Waals surface area (Å²) in [5.41, 5.74) is 2.96. The molecule has 1 heterocycles. The summed E-state index contributed by atoms with van der Waals surface area (Å²) in [6.45, 7) is 10.1. The van der Waals surface area contributed by atoms with Crippen LogP contribution in [0.4, 0.5) is 11.4 Å². The van der Waals surface area contributed by atoms with Gasteiger partial charge in [0.25, 0.3) is 11.8 Å². The maximum Gasteiger partial charge on any atom is 0.343 e. The molecule has 0 unspecified atom stereocenters. The highest BCUT2D eigenvalue weighted by Gasteiger charge is 2.39. The summed E-state index contributed by atoms with van der Waals surface area (Å²) in [6.07, 6.45) is 0. The van der Waals surface area contributed by atoms with Gasteiger partial charge in [-0.05, 0) is 73.9 Å². The van der Waals surface area contributed by atoms with E-state index in [-0.39, 0.29) is 34.0 Å². The summed E-state index contributed by atoms with van der Waals surface area (Å²) in [7, 11) is 0. The fourth-order valence-corrected chi connectivity index (χ4v) is 4.33. The van der Waals surface area contributed by atoms with Crippen molar-refractivity contribution in [1.82, 2.24) is 0 Å². The van der Waals surface area contributed by atoms with E-state index in [9.17, 15) is 19.2 Å². The zero-order valence-electron chi connectivity index (χ0n) is 22.8. The van der Waals surface area contributed by atoms with Crippen LogP contribution >= 0.6 is 11.6 Å². The van der Waals surface area contributed by atoms with Crippen molar-refractivity contribution in [3.63, 3.8) is 0 Å². The van der Waals surface area contributed by atoms with E-state index in [1.165, 1.54) is 24.3 Å². The molecule has 9 heteroatoms. The predicted molar refractivity (Wildman–Crippen MR) is 153 cm³/mol. The average molecular weight is 561 g/mol. The molecule has 1 aliphatic rings. The van der Waals surface area contributed by atoms with Crippen molar-refractivity contribution in [2.24, 2.45) is 0 Å². The summed E-state index contributed by atoms with van der Waals surface area (Å²) >= 11 is 6.23. The molecule has 3 aromatic carbocycles. The lowest BCUT2D eigenvalue weighted by Crippen LogP contribution is -2.32. The molecule has 0 bridgehead atoms. The second-order valence-corrected chi connectivity index (χ2v) is 10.6. The van der Waals surface area contributed by atoms with Crippen LogP contribution in [0.15, 0.2) is 77.5 Å². The smallest absolute Gasteiger partial charge is 0.343 e. The third-order valence-electron chi connectivity index (χ3n) is 6.20. The van der Waals surface area contributed by atoms with Crippen molar-refractivity contribution >= 4 is 46.7 Å². The van der Waals surface area contributed by atoms with Crippen molar-refractivity contribution in [3.05, 3.63) is 99.7 Å². The molecule has 4 rings (SSSR count). The number of aryl methyl sites for hydroxylation is 1. The number of ether oxygens (including phenoxy) is 2. The third-order valence-corrected chi connectivity index (χ3v) is 6.55. The molecule has 40 heavy (non-hydrogen) atoms. The van der Waals surface area contributed by atoms with Gasteiger partial charge in [0.15, 0.2) is 0 Å². The van der Waals surface area contributed by atoms with Crippen LogP contribution in [0.25, 0.3) is 0 Å². The molecule has 2 amide bonds. The molecule has 8 nitrogen and oxygen atoms in total. The van der Waals surface area contributed by atoms with Gasteiger partial charge in [0, 0.05) is 11.3 Å². The average Bonchev–Trinajstić information content (AvgIpc) is 3.12. The van der Waals surface area contributed by atoms with Gasteiger partial charge in [-0.3, -0.25) is 9.59 Å². The molecule has 0 spiro atoms. The fraction of sp³-hybridized carbons (Fsp3) is 0.226. The first-order chi connectivity index (χ1) is 18.9. The van der Waals surface area contributed by atoms with Crippen molar-refractivity contribution in [3.8, 4) is 5.75 Å². The number of nitrogens with one attached hydrogen (secondary N) is 1. The van der Waals surface area contributed by atoms with Crippen molar-refractivity contribution < 1.29 is 28.7 Å². The van der Waals surface area contributed by atoms with Crippen LogP contribution in [-0.2, 0) is 19.7 Å². The van der Waals surface area contributed by atoms with Gasteiger partial charge in [-0.2, -0.15) is 0 Å². The van der Waals surface area contributed by atoms with Crippen molar-refractivity contribution in [2.75, 3.05) is 16.8 Å². The van der Waals surface area contributed by atoms with Crippen LogP contribution in [0.5, 0.6) is 5.75 Å².